The quantitative estimate of drug-likeness (QED) is 0.442. The molecule has 2 aromatic rings. The second-order valence-electron chi connectivity index (χ2n) is 5.09. The molecule has 0 radical (unpaired) electrons. The number of amides is 2. The molecule has 0 heterocycles. The van der Waals surface area contributed by atoms with Crippen molar-refractivity contribution in [3.05, 3.63) is 69.7 Å². The number of hydrogen-bond donors (Lipinski definition) is 2. The molecule has 2 amide bonds. The van der Waals surface area contributed by atoms with Gasteiger partial charge in [0.05, 0.1) is 11.2 Å². The molecule has 0 aromatic heterocycles. The van der Waals surface area contributed by atoms with Crippen molar-refractivity contribution >= 4 is 41.4 Å². The van der Waals surface area contributed by atoms with Gasteiger partial charge in [0.25, 0.3) is 5.91 Å². The highest BCUT2D eigenvalue weighted by atomic mass is 35.5. The summed E-state index contributed by atoms with van der Waals surface area (Å²) in [6.07, 6.45) is 0.478. The van der Waals surface area contributed by atoms with E-state index in [1.165, 1.54) is 6.21 Å². The number of ether oxygens (including phenoxy) is 1. The average Bonchev–Trinajstić information content (AvgIpc) is 2.69. The minimum Gasteiger partial charge on any atom is -0.435 e. The predicted molar refractivity (Wildman–Crippen MR) is 106 cm³/mol. The van der Waals surface area contributed by atoms with Crippen molar-refractivity contribution in [3.8, 4) is 11.8 Å². The molecule has 0 aliphatic heterocycles. The summed E-state index contributed by atoms with van der Waals surface area (Å²) in [6, 6.07) is 14.1. The lowest BCUT2D eigenvalue weighted by Gasteiger charge is -2.05. The summed E-state index contributed by atoms with van der Waals surface area (Å²) >= 11 is 11.7. The van der Waals surface area contributed by atoms with Gasteiger partial charge < -0.3 is 9.57 Å². The van der Waals surface area contributed by atoms with Gasteiger partial charge in [-0.3, -0.25) is 10.2 Å². The van der Waals surface area contributed by atoms with E-state index in [9.17, 15) is 9.59 Å². The number of hydrogen-bond acceptors (Lipinski definition) is 5. The predicted octanol–water partition coefficient (Wildman–Crippen LogP) is 3.15. The van der Waals surface area contributed by atoms with Crippen molar-refractivity contribution in [3.63, 3.8) is 0 Å². The third-order valence-corrected chi connectivity index (χ3v) is 3.57. The normalized spacial score (nSPS) is 9.93. The minimum atomic E-state index is -0.854. The zero-order chi connectivity index (χ0) is 20.2. The van der Waals surface area contributed by atoms with E-state index in [2.05, 4.69) is 27.8 Å². The Morgan fingerprint density at radius 1 is 1.11 bits per heavy atom. The SMILES string of the molecule is O=C(CON=Cc1ccc(Cl)cc1Cl)NNC(=O)OCC#Cc1ccccc1. The Bertz CT molecular complexity index is 908. The third-order valence-electron chi connectivity index (χ3n) is 3.01. The molecule has 0 fully saturated rings. The van der Waals surface area contributed by atoms with Crippen LogP contribution in [0.4, 0.5) is 4.79 Å². The van der Waals surface area contributed by atoms with E-state index < -0.39 is 18.6 Å². The van der Waals surface area contributed by atoms with Gasteiger partial charge in [0, 0.05) is 16.1 Å². The number of rotatable bonds is 5. The molecule has 0 unspecified atom stereocenters. The number of carbonyl (C=O) groups is 2. The molecule has 9 heteroatoms. The Hall–Kier alpha value is -3.21. The Morgan fingerprint density at radius 3 is 2.64 bits per heavy atom. The van der Waals surface area contributed by atoms with Crippen LogP contribution in [0.15, 0.2) is 53.7 Å². The number of hydrazine groups is 1. The number of oxime groups is 1. The molecule has 0 atom stereocenters. The summed E-state index contributed by atoms with van der Waals surface area (Å²) in [6.45, 7) is -0.547. The molecule has 0 aliphatic carbocycles. The fraction of sp³-hybridized carbons (Fsp3) is 0.105. The van der Waals surface area contributed by atoms with Crippen molar-refractivity contribution < 1.29 is 19.2 Å². The molecule has 0 saturated carbocycles. The van der Waals surface area contributed by atoms with Crippen LogP contribution in [0, 0.1) is 11.8 Å². The van der Waals surface area contributed by atoms with Gasteiger partial charge in [-0.25, -0.2) is 10.2 Å². The Balaban J connectivity index is 1.62. The van der Waals surface area contributed by atoms with Crippen molar-refractivity contribution in [1.82, 2.24) is 10.9 Å². The molecule has 28 heavy (non-hydrogen) atoms. The summed E-state index contributed by atoms with van der Waals surface area (Å²) in [5.74, 6) is 4.87. The minimum absolute atomic E-state index is 0.126. The van der Waals surface area contributed by atoms with Gasteiger partial charge in [-0.15, -0.1) is 0 Å². The summed E-state index contributed by atoms with van der Waals surface area (Å²) in [5, 5.41) is 4.50. The van der Waals surface area contributed by atoms with Crippen LogP contribution in [0.3, 0.4) is 0 Å². The molecule has 2 N–H and O–H groups in total. The number of halogens is 2. The first kappa shape index (κ1) is 21.1. The van der Waals surface area contributed by atoms with Crippen LogP contribution in [-0.4, -0.2) is 31.4 Å². The monoisotopic (exact) mass is 419 g/mol. The second-order valence-corrected chi connectivity index (χ2v) is 5.93. The number of carbonyl (C=O) groups excluding carboxylic acids is 2. The van der Waals surface area contributed by atoms with E-state index in [-0.39, 0.29) is 6.61 Å². The first-order valence-electron chi connectivity index (χ1n) is 7.90. The maximum absolute atomic E-state index is 11.5. The van der Waals surface area contributed by atoms with Crippen LogP contribution >= 0.6 is 23.2 Å². The molecule has 2 rings (SSSR count). The lowest BCUT2D eigenvalue weighted by Crippen LogP contribution is -2.43. The van der Waals surface area contributed by atoms with E-state index >= 15 is 0 Å². The molecule has 0 spiro atoms. The smallest absolute Gasteiger partial charge is 0.426 e. The summed E-state index contributed by atoms with van der Waals surface area (Å²) in [5.41, 5.74) is 5.54. The topological polar surface area (TPSA) is 89.0 Å². The van der Waals surface area contributed by atoms with Crippen LogP contribution in [0.2, 0.25) is 10.0 Å². The maximum Gasteiger partial charge on any atom is 0.426 e. The third kappa shape index (κ3) is 7.99. The van der Waals surface area contributed by atoms with E-state index in [4.69, 9.17) is 32.8 Å². The van der Waals surface area contributed by atoms with Crippen molar-refractivity contribution in [2.75, 3.05) is 13.2 Å². The van der Waals surface area contributed by atoms with E-state index in [1.54, 1.807) is 18.2 Å². The molecular weight excluding hydrogens is 405 g/mol. The van der Waals surface area contributed by atoms with E-state index in [1.807, 2.05) is 30.3 Å². The zero-order valence-electron chi connectivity index (χ0n) is 14.4. The zero-order valence-corrected chi connectivity index (χ0v) is 16.0. The van der Waals surface area contributed by atoms with Gasteiger partial charge in [0.15, 0.2) is 13.2 Å². The molecular formula is C19H15Cl2N3O4. The molecule has 0 bridgehead atoms. The molecule has 0 aliphatic rings. The second kappa shape index (κ2) is 11.5. The summed E-state index contributed by atoms with van der Waals surface area (Å²) in [4.78, 5) is 27.8. The number of nitrogens with zero attached hydrogens (tertiary/aromatic N) is 1. The van der Waals surface area contributed by atoms with Crippen molar-refractivity contribution in [2.45, 2.75) is 0 Å². The molecule has 0 saturated heterocycles. The van der Waals surface area contributed by atoms with Gasteiger partial charge >= 0.3 is 6.09 Å². The molecule has 2 aromatic carbocycles. The van der Waals surface area contributed by atoms with Gasteiger partial charge in [-0.1, -0.05) is 64.5 Å². The number of nitrogens with one attached hydrogen (secondary N) is 2. The van der Waals surface area contributed by atoms with Crippen molar-refractivity contribution in [2.24, 2.45) is 5.16 Å². The first-order valence-corrected chi connectivity index (χ1v) is 8.66. The van der Waals surface area contributed by atoms with Crippen LogP contribution in [0.5, 0.6) is 0 Å². The Labute approximate surface area is 171 Å². The van der Waals surface area contributed by atoms with Crippen molar-refractivity contribution in [1.29, 1.82) is 0 Å². The van der Waals surface area contributed by atoms with Crippen LogP contribution in [0.25, 0.3) is 0 Å². The summed E-state index contributed by atoms with van der Waals surface area (Å²) < 4.78 is 4.79. The Kier molecular flexibility index (Phi) is 8.66. The fourth-order valence-electron chi connectivity index (χ4n) is 1.75. The largest absolute Gasteiger partial charge is 0.435 e. The van der Waals surface area contributed by atoms with Crippen LogP contribution in [0.1, 0.15) is 11.1 Å². The highest BCUT2D eigenvalue weighted by Crippen LogP contribution is 2.19. The molecule has 7 nitrogen and oxygen atoms in total. The van der Waals surface area contributed by atoms with Gasteiger partial charge in [0.1, 0.15) is 0 Å². The first-order chi connectivity index (χ1) is 13.5. The number of benzene rings is 2. The standard InChI is InChI=1S/C19H15Cl2N3O4/c20-16-9-8-15(17(21)11-16)12-22-28-13-18(25)23-24-19(26)27-10-4-7-14-5-2-1-3-6-14/h1-3,5-6,8-9,11-12H,10,13H2,(H,23,25)(H,24,26). The molecule has 144 valence electrons. The van der Waals surface area contributed by atoms with Crippen LogP contribution < -0.4 is 10.9 Å². The lowest BCUT2D eigenvalue weighted by atomic mass is 10.2. The van der Waals surface area contributed by atoms with Gasteiger partial charge in [-0.2, -0.15) is 0 Å². The van der Waals surface area contributed by atoms with E-state index in [0.717, 1.165) is 5.56 Å². The summed E-state index contributed by atoms with van der Waals surface area (Å²) in [7, 11) is 0. The lowest BCUT2D eigenvalue weighted by molar-refractivity contribution is -0.126. The fourth-order valence-corrected chi connectivity index (χ4v) is 2.21. The Morgan fingerprint density at radius 2 is 1.89 bits per heavy atom. The van der Waals surface area contributed by atoms with E-state index in [0.29, 0.717) is 15.6 Å². The highest BCUT2D eigenvalue weighted by molar-refractivity contribution is 6.36. The van der Waals surface area contributed by atoms with Gasteiger partial charge in [-0.05, 0) is 24.3 Å². The van der Waals surface area contributed by atoms with Crippen LogP contribution in [-0.2, 0) is 14.4 Å². The maximum atomic E-state index is 11.5. The highest BCUT2D eigenvalue weighted by Gasteiger charge is 2.05. The van der Waals surface area contributed by atoms with Gasteiger partial charge in [0.2, 0.25) is 0 Å². The average molecular weight is 420 g/mol.